The Morgan fingerprint density at radius 3 is 2.94 bits per heavy atom. The van der Waals surface area contributed by atoms with E-state index in [0.29, 0.717) is 5.54 Å². The summed E-state index contributed by atoms with van der Waals surface area (Å²) >= 11 is 1.79. The first kappa shape index (κ1) is 12.6. The molecule has 3 nitrogen and oxygen atoms in total. The topological polar surface area (TPSA) is 28.2 Å². The lowest BCUT2D eigenvalue weighted by Gasteiger charge is -2.40. The number of nitrogens with zero attached hydrogens (tertiary/aromatic N) is 2. The van der Waals surface area contributed by atoms with Crippen molar-refractivity contribution < 1.29 is 0 Å². The van der Waals surface area contributed by atoms with Crippen LogP contribution in [0.3, 0.4) is 0 Å². The van der Waals surface area contributed by atoms with Crippen molar-refractivity contribution in [1.29, 1.82) is 0 Å². The Bertz CT molecular complexity index is 357. The van der Waals surface area contributed by atoms with Crippen LogP contribution in [0.2, 0.25) is 0 Å². The summed E-state index contributed by atoms with van der Waals surface area (Å²) in [5.74, 6) is 0. The minimum Gasteiger partial charge on any atom is -0.310 e. The van der Waals surface area contributed by atoms with Crippen molar-refractivity contribution in [3.63, 3.8) is 0 Å². The van der Waals surface area contributed by atoms with Gasteiger partial charge in [-0.15, -0.1) is 11.3 Å². The van der Waals surface area contributed by atoms with Gasteiger partial charge < -0.3 is 5.32 Å². The standard InChI is InChI=1S/C14H23N3S/c1-2-5-14(6-3-1)11-17(8-4-7-16-14)10-13-9-15-12-18-13/h9,12,16H,1-8,10-11H2. The van der Waals surface area contributed by atoms with Gasteiger partial charge in [0.25, 0.3) is 0 Å². The van der Waals surface area contributed by atoms with Crippen LogP contribution in [0.25, 0.3) is 0 Å². The summed E-state index contributed by atoms with van der Waals surface area (Å²) in [5, 5.41) is 3.85. The van der Waals surface area contributed by atoms with Crippen molar-refractivity contribution in [2.24, 2.45) is 0 Å². The second-order valence-corrected chi connectivity index (χ2v) is 6.77. The van der Waals surface area contributed by atoms with Crippen LogP contribution in [0.1, 0.15) is 43.4 Å². The Kier molecular flexibility index (Phi) is 3.97. The first-order valence-electron chi connectivity index (χ1n) is 7.21. The number of rotatable bonds is 2. The van der Waals surface area contributed by atoms with Gasteiger partial charge in [-0.25, -0.2) is 0 Å². The highest BCUT2D eigenvalue weighted by atomic mass is 32.1. The van der Waals surface area contributed by atoms with E-state index in [2.05, 4.69) is 15.2 Å². The highest BCUT2D eigenvalue weighted by Gasteiger charge is 2.34. The molecule has 18 heavy (non-hydrogen) atoms. The Balaban J connectivity index is 1.66. The van der Waals surface area contributed by atoms with E-state index >= 15 is 0 Å². The molecule has 1 spiro atoms. The fourth-order valence-corrected chi connectivity index (χ4v) is 4.09. The SMILES string of the molecule is c1ncc(CN2CCCNC3(CCCCC3)C2)s1. The third-order valence-corrected chi connectivity index (χ3v) is 5.12. The quantitative estimate of drug-likeness (QED) is 0.891. The lowest BCUT2D eigenvalue weighted by molar-refractivity contribution is 0.160. The van der Waals surface area contributed by atoms with Crippen LogP contribution in [0.5, 0.6) is 0 Å². The molecule has 1 N–H and O–H groups in total. The second kappa shape index (κ2) is 5.68. The zero-order chi connectivity index (χ0) is 12.3. The molecule has 1 aliphatic carbocycles. The molecule has 0 unspecified atom stereocenters. The summed E-state index contributed by atoms with van der Waals surface area (Å²) in [6.07, 6.45) is 10.3. The third-order valence-electron chi connectivity index (χ3n) is 4.35. The third kappa shape index (κ3) is 2.92. The number of hydrogen-bond donors (Lipinski definition) is 1. The van der Waals surface area contributed by atoms with Crippen LogP contribution in [0.15, 0.2) is 11.7 Å². The molecule has 100 valence electrons. The minimum atomic E-state index is 0.416. The van der Waals surface area contributed by atoms with E-state index in [4.69, 9.17) is 0 Å². The van der Waals surface area contributed by atoms with E-state index in [1.54, 1.807) is 11.3 Å². The number of thiazole rings is 1. The average Bonchev–Trinajstić information content (AvgIpc) is 2.81. The molecular weight excluding hydrogens is 242 g/mol. The van der Waals surface area contributed by atoms with Gasteiger partial charge in [0.05, 0.1) is 5.51 Å². The highest BCUT2D eigenvalue weighted by molar-refractivity contribution is 7.09. The predicted octanol–water partition coefficient (Wildman–Crippen LogP) is 2.64. The molecule has 0 bridgehead atoms. The molecule has 0 radical (unpaired) electrons. The van der Waals surface area contributed by atoms with E-state index in [1.807, 2.05) is 11.7 Å². The van der Waals surface area contributed by atoms with Gasteiger partial charge in [-0.3, -0.25) is 9.88 Å². The van der Waals surface area contributed by atoms with Crippen LogP contribution in [0.4, 0.5) is 0 Å². The molecule has 1 aromatic rings. The molecule has 0 aromatic carbocycles. The summed E-state index contributed by atoms with van der Waals surface area (Å²) in [6, 6.07) is 0. The van der Waals surface area contributed by atoms with Gasteiger partial charge in [-0.1, -0.05) is 19.3 Å². The Labute approximate surface area is 114 Å². The molecule has 1 aliphatic heterocycles. The van der Waals surface area contributed by atoms with Crippen LogP contribution < -0.4 is 5.32 Å². The highest BCUT2D eigenvalue weighted by Crippen LogP contribution is 2.30. The molecular formula is C14H23N3S. The first-order chi connectivity index (χ1) is 8.86. The van der Waals surface area contributed by atoms with Gasteiger partial charge in [0.2, 0.25) is 0 Å². The fourth-order valence-electron chi connectivity index (χ4n) is 3.46. The van der Waals surface area contributed by atoms with Gasteiger partial charge in [-0.2, -0.15) is 0 Å². The molecule has 1 saturated heterocycles. The maximum atomic E-state index is 4.19. The van der Waals surface area contributed by atoms with Crippen molar-refractivity contribution in [2.75, 3.05) is 19.6 Å². The summed E-state index contributed by atoms with van der Waals surface area (Å²) in [4.78, 5) is 8.23. The Morgan fingerprint density at radius 2 is 2.17 bits per heavy atom. The van der Waals surface area contributed by atoms with E-state index in [1.165, 1.54) is 63.0 Å². The van der Waals surface area contributed by atoms with Gasteiger partial charge in [0, 0.05) is 29.7 Å². The van der Waals surface area contributed by atoms with E-state index < -0.39 is 0 Å². The van der Waals surface area contributed by atoms with Crippen molar-refractivity contribution in [3.05, 3.63) is 16.6 Å². The monoisotopic (exact) mass is 265 g/mol. The smallest absolute Gasteiger partial charge is 0.0794 e. The second-order valence-electron chi connectivity index (χ2n) is 5.80. The molecule has 2 fully saturated rings. The van der Waals surface area contributed by atoms with Crippen molar-refractivity contribution in [1.82, 2.24) is 15.2 Å². The molecule has 0 amide bonds. The Morgan fingerprint density at radius 1 is 1.28 bits per heavy atom. The van der Waals surface area contributed by atoms with Crippen molar-refractivity contribution >= 4 is 11.3 Å². The zero-order valence-corrected chi connectivity index (χ0v) is 11.8. The molecule has 1 aromatic heterocycles. The van der Waals surface area contributed by atoms with E-state index in [-0.39, 0.29) is 0 Å². The maximum absolute atomic E-state index is 4.19. The zero-order valence-electron chi connectivity index (χ0n) is 11.0. The maximum Gasteiger partial charge on any atom is 0.0794 e. The van der Waals surface area contributed by atoms with Gasteiger partial charge >= 0.3 is 0 Å². The van der Waals surface area contributed by atoms with Crippen LogP contribution in [-0.2, 0) is 6.54 Å². The summed E-state index contributed by atoms with van der Waals surface area (Å²) in [5.41, 5.74) is 2.36. The lowest BCUT2D eigenvalue weighted by atomic mass is 9.81. The largest absolute Gasteiger partial charge is 0.310 e. The Hall–Kier alpha value is -0.450. The fraction of sp³-hybridized carbons (Fsp3) is 0.786. The van der Waals surface area contributed by atoms with Crippen LogP contribution in [-0.4, -0.2) is 35.1 Å². The van der Waals surface area contributed by atoms with Crippen LogP contribution in [0, 0.1) is 0 Å². The van der Waals surface area contributed by atoms with Crippen molar-refractivity contribution in [2.45, 2.75) is 50.6 Å². The molecule has 1 saturated carbocycles. The predicted molar refractivity (Wildman–Crippen MR) is 75.8 cm³/mol. The molecule has 0 atom stereocenters. The number of aromatic nitrogens is 1. The normalized spacial score (nSPS) is 25.1. The van der Waals surface area contributed by atoms with Gasteiger partial charge in [-0.05, 0) is 32.4 Å². The molecule has 2 aliphatic rings. The van der Waals surface area contributed by atoms with Gasteiger partial charge in [0.15, 0.2) is 0 Å². The summed E-state index contributed by atoms with van der Waals surface area (Å²) in [7, 11) is 0. The molecule has 3 rings (SSSR count). The van der Waals surface area contributed by atoms with Gasteiger partial charge in [0.1, 0.15) is 0 Å². The average molecular weight is 265 g/mol. The molecule has 2 heterocycles. The number of hydrogen-bond acceptors (Lipinski definition) is 4. The minimum absolute atomic E-state index is 0.416. The van der Waals surface area contributed by atoms with Crippen molar-refractivity contribution in [3.8, 4) is 0 Å². The summed E-state index contributed by atoms with van der Waals surface area (Å²) in [6.45, 7) is 4.74. The summed E-state index contributed by atoms with van der Waals surface area (Å²) < 4.78 is 0. The van der Waals surface area contributed by atoms with E-state index in [9.17, 15) is 0 Å². The molecule has 4 heteroatoms. The van der Waals surface area contributed by atoms with Crippen LogP contribution >= 0.6 is 11.3 Å². The lowest BCUT2D eigenvalue weighted by Crippen LogP contribution is -2.52. The number of nitrogens with one attached hydrogen (secondary N) is 1. The van der Waals surface area contributed by atoms with E-state index in [0.717, 1.165) is 6.54 Å². The first-order valence-corrected chi connectivity index (χ1v) is 8.09.